The number of nitrogens with zero attached hydrogens (tertiary/aromatic N) is 2. The molecule has 2 atom stereocenters. The van der Waals surface area contributed by atoms with Crippen molar-refractivity contribution >= 4 is 34.0 Å². The number of anilines is 1. The summed E-state index contributed by atoms with van der Waals surface area (Å²) in [7, 11) is 0. The molecule has 0 aromatic heterocycles. The average Bonchev–Trinajstić information content (AvgIpc) is 2.82. The number of rotatable bonds is 5. The van der Waals surface area contributed by atoms with Crippen LogP contribution in [-0.4, -0.2) is 49.6 Å². The second-order valence-electron chi connectivity index (χ2n) is 9.18. The molecule has 0 aliphatic carbocycles. The highest BCUT2D eigenvalue weighted by molar-refractivity contribution is 6.31. The number of halogens is 1. The molecular formula is C27H30ClN3O2. The van der Waals surface area contributed by atoms with E-state index in [0.29, 0.717) is 18.2 Å². The van der Waals surface area contributed by atoms with Crippen LogP contribution < -0.4 is 10.6 Å². The van der Waals surface area contributed by atoms with Crippen molar-refractivity contribution in [3.05, 3.63) is 76.3 Å². The quantitative estimate of drug-likeness (QED) is 0.590. The minimum atomic E-state index is -0.373. The fourth-order valence-corrected chi connectivity index (χ4v) is 5.36. The summed E-state index contributed by atoms with van der Waals surface area (Å²) in [4.78, 5) is 16.6. The number of primary amides is 1. The lowest BCUT2D eigenvalue weighted by Crippen LogP contribution is -2.52. The monoisotopic (exact) mass is 463 g/mol. The Labute approximate surface area is 200 Å². The van der Waals surface area contributed by atoms with Crippen molar-refractivity contribution in [3.63, 3.8) is 0 Å². The Kier molecular flexibility index (Phi) is 6.28. The van der Waals surface area contributed by atoms with Crippen LogP contribution in [0.15, 0.2) is 54.6 Å². The van der Waals surface area contributed by atoms with Crippen LogP contribution in [0.2, 0.25) is 5.02 Å². The topological polar surface area (TPSA) is 58.8 Å². The molecule has 0 bridgehead atoms. The summed E-state index contributed by atoms with van der Waals surface area (Å²) in [6, 6.07) is 18.9. The van der Waals surface area contributed by atoms with E-state index in [-0.39, 0.29) is 12.0 Å². The summed E-state index contributed by atoms with van der Waals surface area (Å²) in [5, 5.41) is 3.17. The van der Waals surface area contributed by atoms with E-state index in [1.807, 2.05) is 30.3 Å². The largest absolute Gasteiger partial charge is 0.373 e. The van der Waals surface area contributed by atoms with Gasteiger partial charge in [0.25, 0.3) is 0 Å². The number of carbonyl (C=O) groups excluding carboxylic acids is 1. The lowest BCUT2D eigenvalue weighted by Gasteiger charge is -2.41. The number of ether oxygens (including phenoxy) is 1. The molecule has 1 amide bonds. The molecule has 2 aliphatic rings. The summed E-state index contributed by atoms with van der Waals surface area (Å²) in [5.74, 6) is -0.373. The van der Waals surface area contributed by atoms with Gasteiger partial charge < -0.3 is 15.4 Å². The molecule has 5 nitrogen and oxygen atoms in total. The minimum absolute atomic E-state index is 0.0751. The highest BCUT2D eigenvalue weighted by Gasteiger charge is 2.27. The number of amides is 1. The Balaban J connectivity index is 1.22. The number of fused-ring (bicyclic) bond motifs is 2. The van der Waals surface area contributed by atoms with Crippen molar-refractivity contribution < 1.29 is 9.53 Å². The first kappa shape index (κ1) is 22.2. The Morgan fingerprint density at radius 3 is 2.76 bits per heavy atom. The third kappa shape index (κ3) is 4.72. The first-order chi connectivity index (χ1) is 16.0. The van der Waals surface area contributed by atoms with Crippen molar-refractivity contribution in [2.75, 3.05) is 37.7 Å². The molecule has 1 fully saturated rings. The van der Waals surface area contributed by atoms with E-state index in [0.717, 1.165) is 44.0 Å². The van der Waals surface area contributed by atoms with Gasteiger partial charge in [-0.05, 0) is 78.1 Å². The number of hydrogen-bond donors (Lipinski definition) is 1. The molecule has 0 radical (unpaired) electrons. The van der Waals surface area contributed by atoms with Crippen LogP contribution in [0.3, 0.4) is 0 Å². The zero-order valence-electron chi connectivity index (χ0n) is 19.0. The van der Waals surface area contributed by atoms with Crippen LogP contribution in [0.1, 0.15) is 40.9 Å². The van der Waals surface area contributed by atoms with E-state index < -0.39 is 0 Å². The normalized spacial score (nSPS) is 21.2. The number of hydrogen-bond acceptors (Lipinski definition) is 4. The predicted octanol–water partition coefficient (Wildman–Crippen LogP) is 4.81. The maximum atomic E-state index is 11.5. The van der Waals surface area contributed by atoms with Crippen molar-refractivity contribution in [2.45, 2.75) is 31.9 Å². The zero-order chi connectivity index (χ0) is 22.9. The first-order valence-corrected chi connectivity index (χ1v) is 12.1. The van der Waals surface area contributed by atoms with Gasteiger partial charge in [-0.2, -0.15) is 0 Å². The Hall–Kier alpha value is -2.60. The molecule has 6 heteroatoms. The van der Waals surface area contributed by atoms with Gasteiger partial charge in [0.15, 0.2) is 0 Å². The molecule has 1 saturated heterocycles. The van der Waals surface area contributed by atoms with E-state index in [4.69, 9.17) is 22.1 Å². The maximum absolute atomic E-state index is 11.5. The third-order valence-electron chi connectivity index (χ3n) is 7.06. The highest BCUT2D eigenvalue weighted by Crippen LogP contribution is 2.32. The average molecular weight is 464 g/mol. The van der Waals surface area contributed by atoms with Gasteiger partial charge in [-0.25, -0.2) is 0 Å². The van der Waals surface area contributed by atoms with Gasteiger partial charge in [-0.15, -0.1) is 0 Å². The van der Waals surface area contributed by atoms with Crippen molar-refractivity contribution in [1.82, 2.24) is 4.90 Å². The molecule has 5 rings (SSSR count). The smallest absolute Gasteiger partial charge is 0.248 e. The molecule has 0 spiro atoms. The Morgan fingerprint density at radius 2 is 1.94 bits per heavy atom. The fourth-order valence-electron chi connectivity index (χ4n) is 5.18. The summed E-state index contributed by atoms with van der Waals surface area (Å²) in [6.07, 6.45) is 1.85. The predicted molar refractivity (Wildman–Crippen MR) is 134 cm³/mol. The molecule has 0 saturated carbocycles. The molecular weight excluding hydrogens is 434 g/mol. The van der Waals surface area contributed by atoms with E-state index in [1.165, 1.54) is 27.6 Å². The molecule has 3 aromatic carbocycles. The molecule has 0 unspecified atom stereocenters. The molecule has 3 aromatic rings. The van der Waals surface area contributed by atoms with Gasteiger partial charge in [0.05, 0.1) is 12.7 Å². The van der Waals surface area contributed by atoms with Crippen molar-refractivity contribution in [3.8, 4) is 0 Å². The van der Waals surface area contributed by atoms with Gasteiger partial charge in [0, 0.05) is 48.5 Å². The van der Waals surface area contributed by atoms with Crippen LogP contribution in [0.5, 0.6) is 0 Å². The number of nitrogens with two attached hydrogens (primary N) is 1. The summed E-state index contributed by atoms with van der Waals surface area (Å²) < 4.78 is 6.11. The molecule has 2 heterocycles. The summed E-state index contributed by atoms with van der Waals surface area (Å²) in [5.41, 5.74) is 9.68. The van der Waals surface area contributed by atoms with Crippen LogP contribution in [0, 0.1) is 0 Å². The van der Waals surface area contributed by atoms with Crippen molar-refractivity contribution in [2.24, 2.45) is 5.73 Å². The van der Waals surface area contributed by atoms with Crippen LogP contribution in [0.25, 0.3) is 10.8 Å². The van der Waals surface area contributed by atoms with Gasteiger partial charge in [-0.3, -0.25) is 9.69 Å². The summed E-state index contributed by atoms with van der Waals surface area (Å²) in [6.45, 7) is 7.00. The fraction of sp³-hybridized carbons (Fsp3) is 0.370. The van der Waals surface area contributed by atoms with Crippen LogP contribution in [0.4, 0.5) is 5.69 Å². The van der Waals surface area contributed by atoms with Crippen molar-refractivity contribution in [1.29, 1.82) is 0 Å². The summed E-state index contributed by atoms with van der Waals surface area (Å²) >= 11 is 6.20. The van der Waals surface area contributed by atoms with Crippen LogP contribution in [-0.2, 0) is 11.2 Å². The van der Waals surface area contributed by atoms with E-state index in [1.54, 1.807) is 0 Å². The molecule has 2 aliphatic heterocycles. The minimum Gasteiger partial charge on any atom is -0.373 e. The molecule has 2 N–H and O–H groups in total. The van der Waals surface area contributed by atoms with Gasteiger partial charge in [0.2, 0.25) is 5.91 Å². The van der Waals surface area contributed by atoms with Gasteiger partial charge in [0.1, 0.15) is 0 Å². The Bertz CT molecular complexity index is 1180. The number of piperazine rings is 1. The zero-order valence-corrected chi connectivity index (χ0v) is 19.7. The van der Waals surface area contributed by atoms with Gasteiger partial charge in [-0.1, -0.05) is 29.8 Å². The number of benzene rings is 3. The van der Waals surface area contributed by atoms with E-state index in [9.17, 15) is 4.79 Å². The van der Waals surface area contributed by atoms with Gasteiger partial charge >= 0.3 is 0 Å². The lowest BCUT2D eigenvalue weighted by molar-refractivity contribution is 0.0255. The van der Waals surface area contributed by atoms with E-state index >= 15 is 0 Å². The second kappa shape index (κ2) is 9.34. The van der Waals surface area contributed by atoms with Crippen LogP contribution >= 0.6 is 11.6 Å². The first-order valence-electron chi connectivity index (χ1n) is 11.7. The second-order valence-corrected chi connectivity index (χ2v) is 9.62. The Morgan fingerprint density at radius 1 is 1.09 bits per heavy atom. The molecule has 172 valence electrons. The maximum Gasteiger partial charge on any atom is 0.248 e. The number of carbonyl (C=O) groups is 1. The lowest BCUT2D eigenvalue weighted by atomic mass is 9.93. The molecule has 33 heavy (non-hydrogen) atoms. The third-order valence-corrected chi connectivity index (χ3v) is 7.29. The standard InChI is InChI=1S/C27H30ClN3O2/c1-18-17-31(24-6-3-19-2-5-23(28)15-22(19)16-24)12-11-30(18)10-8-26-25-7-4-21(27(29)32)14-20(25)9-13-33-26/h2-7,14-16,18,26H,8-13,17H2,1H3,(H2,29,32)/t18-,26+/m1/s1. The highest BCUT2D eigenvalue weighted by atomic mass is 35.5. The SMILES string of the molecule is C[C@@H]1CN(c2ccc3ccc(Cl)cc3c2)CCN1CC[C@@H]1OCCc2cc(C(N)=O)ccc21. The van der Waals surface area contributed by atoms with E-state index in [2.05, 4.69) is 41.0 Å².